The zero-order valence-corrected chi connectivity index (χ0v) is 11.3. The second kappa shape index (κ2) is 6.58. The van der Waals surface area contributed by atoms with E-state index in [0.29, 0.717) is 24.3 Å². The number of carbonyl (C=O) groups excluding carboxylic acids is 2. The topological polar surface area (TPSA) is 69.6 Å². The Balaban J connectivity index is 1.85. The summed E-state index contributed by atoms with van der Waals surface area (Å²) in [7, 11) is 0. The van der Waals surface area contributed by atoms with Crippen LogP contribution >= 0.6 is 11.8 Å². The third-order valence-electron chi connectivity index (χ3n) is 2.92. The summed E-state index contributed by atoms with van der Waals surface area (Å²) in [4.78, 5) is 24.9. The van der Waals surface area contributed by atoms with E-state index in [4.69, 9.17) is 5.11 Å². The van der Waals surface area contributed by atoms with Crippen molar-refractivity contribution in [3.8, 4) is 0 Å². The number of carbonyl (C=O) groups is 2. The third kappa shape index (κ3) is 3.71. The highest BCUT2D eigenvalue weighted by atomic mass is 32.2. The molecule has 1 aliphatic heterocycles. The van der Waals surface area contributed by atoms with Crippen molar-refractivity contribution < 1.29 is 14.7 Å². The Hall–Kier alpha value is -1.53. The van der Waals surface area contributed by atoms with E-state index in [1.807, 2.05) is 0 Å². The summed E-state index contributed by atoms with van der Waals surface area (Å²) in [5.74, 6) is 0.652. The normalized spacial score (nSPS) is 14.8. The van der Waals surface area contributed by atoms with Crippen molar-refractivity contribution in [2.75, 3.05) is 24.2 Å². The highest BCUT2D eigenvalue weighted by Crippen LogP contribution is 2.18. The van der Waals surface area contributed by atoms with Crippen LogP contribution in [0.2, 0.25) is 0 Å². The van der Waals surface area contributed by atoms with Crippen LogP contribution in [0.15, 0.2) is 24.3 Å². The molecule has 1 heterocycles. The van der Waals surface area contributed by atoms with E-state index in [0.717, 1.165) is 5.75 Å². The minimum Gasteiger partial charge on any atom is -0.392 e. The number of anilines is 1. The van der Waals surface area contributed by atoms with Crippen LogP contribution in [0.5, 0.6) is 0 Å². The molecule has 0 aromatic heterocycles. The molecule has 2 rings (SSSR count). The van der Waals surface area contributed by atoms with Crippen LogP contribution in [0.4, 0.5) is 10.5 Å². The molecule has 0 unspecified atom stereocenters. The fourth-order valence-electron chi connectivity index (χ4n) is 1.86. The van der Waals surface area contributed by atoms with Crippen LogP contribution in [-0.4, -0.2) is 40.0 Å². The number of hydrogen-bond donors (Lipinski definition) is 2. The van der Waals surface area contributed by atoms with Crippen LogP contribution < -0.4 is 5.32 Å². The molecule has 0 saturated carbocycles. The van der Waals surface area contributed by atoms with Gasteiger partial charge in [-0.3, -0.25) is 9.59 Å². The number of aliphatic hydroxyl groups is 1. The molecular weight excluding hydrogens is 264 g/mol. The molecule has 5 nitrogen and oxygen atoms in total. The van der Waals surface area contributed by atoms with Gasteiger partial charge < -0.3 is 15.3 Å². The van der Waals surface area contributed by atoms with Crippen molar-refractivity contribution in [1.29, 1.82) is 0 Å². The summed E-state index contributed by atoms with van der Waals surface area (Å²) in [5.41, 5.74) is 1.31. The summed E-state index contributed by atoms with van der Waals surface area (Å²) in [6.45, 7) is 1.04. The number of thioether (sulfide) groups is 1. The fraction of sp³-hybridized carbons (Fsp3) is 0.385. The summed E-state index contributed by atoms with van der Waals surface area (Å²) >= 11 is 1.29. The van der Waals surface area contributed by atoms with Gasteiger partial charge in [-0.15, -0.1) is 0 Å². The monoisotopic (exact) mass is 280 g/mol. The van der Waals surface area contributed by atoms with Gasteiger partial charge in [-0.1, -0.05) is 30.0 Å². The van der Waals surface area contributed by atoms with Gasteiger partial charge in [0.1, 0.15) is 0 Å². The lowest BCUT2D eigenvalue weighted by atomic mass is 10.2. The average Bonchev–Trinajstić information content (AvgIpc) is 2.82. The first kappa shape index (κ1) is 13.9. The largest absolute Gasteiger partial charge is 0.392 e. The van der Waals surface area contributed by atoms with Crippen LogP contribution in [0.1, 0.15) is 12.0 Å². The smallest absolute Gasteiger partial charge is 0.281 e. The summed E-state index contributed by atoms with van der Waals surface area (Å²) < 4.78 is 0. The molecule has 0 atom stereocenters. The van der Waals surface area contributed by atoms with Gasteiger partial charge in [0.25, 0.3) is 5.24 Å². The highest BCUT2D eigenvalue weighted by molar-refractivity contribution is 8.13. The first-order valence-corrected chi connectivity index (χ1v) is 7.09. The van der Waals surface area contributed by atoms with E-state index in [1.165, 1.54) is 11.8 Å². The lowest BCUT2D eigenvalue weighted by molar-refractivity contribution is -0.116. The molecular formula is C13H16N2O3S. The van der Waals surface area contributed by atoms with Gasteiger partial charge in [0.2, 0.25) is 5.91 Å². The fourth-order valence-corrected chi connectivity index (χ4v) is 2.71. The average molecular weight is 280 g/mol. The molecule has 0 spiro atoms. The van der Waals surface area contributed by atoms with Gasteiger partial charge in [0.05, 0.1) is 6.61 Å². The highest BCUT2D eigenvalue weighted by Gasteiger charge is 2.21. The van der Waals surface area contributed by atoms with Crippen molar-refractivity contribution in [3.63, 3.8) is 0 Å². The minimum absolute atomic E-state index is 0.0450. The predicted molar refractivity (Wildman–Crippen MR) is 75.0 cm³/mol. The number of para-hydroxylation sites is 1. The zero-order valence-electron chi connectivity index (χ0n) is 10.5. The van der Waals surface area contributed by atoms with Crippen molar-refractivity contribution in [2.24, 2.45) is 0 Å². The first-order valence-electron chi connectivity index (χ1n) is 6.11. The molecule has 6 heteroatoms. The Kier molecular flexibility index (Phi) is 4.81. The maximum absolute atomic E-state index is 11.8. The predicted octanol–water partition coefficient (Wildman–Crippen LogP) is 1.68. The van der Waals surface area contributed by atoms with Crippen molar-refractivity contribution >= 4 is 28.6 Å². The van der Waals surface area contributed by atoms with Gasteiger partial charge in [-0.2, -0.15) is 0 Å². The SMILES string of the molecule is O=C(CCN1CCSC1=O)Nc1ccccc1CO. The molecule has 0 aliphatic carbocycles. The summed E-state index contributed by atoms with van der Waals surface area (Å²) in [5, 5.41) is 12.0. The van der Waals surface area contributed by atoms with E-state index in [-0.39, 0.29) is 24.2 Å². The standard InChI is InChI=1S/C13H16N2O3S/c16-9-10-3-1-2-4-11(10)14-12(17)5-6-15-7-8-19-13(15)18/h1-4,16H,5-9H2,(H,14,17). The molecule has 2 N–H and O–H groups in total. The summed E-state index contributed by atoms with van der Waals surface area (Å²) in [6, 6.07) is 7.12. The first-order chi connectivity index (χ1) is 9.20. The van der Waals surface area contributed by atoms with Crippen LogP contribution in [0.3, 0.4) is 0 Å². The molecule has 1 saturated heterocycles. The third-order valence-corrected chi connectivity index (χ3v) is 3.81. The molecule has 1 fully saturated rings. The van der Waals surface area contributed by atoms with Crippen molar-refractivity contribution in [3.05, 3.63) is 29.8 Å². The molecule has 19 heavy (non-hydrogen) atoms. The Morgan fingerprint density at radius 3 is 2.89 bits per heavy atom. The molecule has 1 aromatic rings. The Bertz CT molecular complexity index is 479. The number of nitrogens with one attached hydrogen (secondary N) is 1. The molecule has 1 aliphatic rings. The molecule has 0 bridgehead atoms. The van der Waals surface area contributed by atoms with Crippen LogP contribution in [0.25, 0.3) is 0 Å². The van der Waals surface area contributed by atoms with Gasteiger partial charge >= 0.3 is 0 Å². The number of hydrogen-bond acceptors (Lipinski definition) is 4. The maximum atomic E-state index is 11.8. The summed E-state index contributed by atoms with van der Waals surface area (Å²) in [6.07, 6.45) is 0.270. The Morgan fingerprint density at radius 2 is 2.21 bits per heavy atom. The Labute approximate surface area is 116 Å². The van der Waals surface area contributed by atoms with E-state index in [2.05, 4.69) is 5.32 Å². The lowest BCUT2D eigenvalue weighted by Crippen LogP contribution is -2.27. The van der Waals surface area contributed by atoms with E-state index < -0.39 is 0 Å². The van der Waals surface area contributed by atoms with Crippen LogP contribution in [0, 0.1) is 0 Å². The van der Waals surface area contributed by atoms with Crippen molar-refractivity contribution in [1.82, 2.24) is 4.90 Å². The molecule has 102 valence electrons. The van der Waals surface area contributed by atoms with Crippen LogP contribution in [-0.2, 0) is 11.4 Å². The van der Waals surface area contributed by atoms with E-state index in [1.54, 1.807) is 29.2 Å². The van der Waals surface area contributed by atoms with Crippen molar-refractivity contribution in [2.45, 2.75) is 13.0 Å². The minimum atomic E-state index is -0.148. The van der Waals surface area contributed by atoms with Gasteiger partial charge in [0.15, 0.2) is 0 Å². The van der Waals surface area contributed by atoms with E-state index >= 15 is 0 Å². The zero-order chi connectivity index (χ0) is 13.7. The second-order valence-corrected chi connectivity index (χ2v) is 5.26. The number of benzene rings is 1. The van der Waals surface area contributed by atoms with Gasteiger partial charge in [0, 0.05) is 36.5 Å². The molecule has 1 aromatic carbocycles. The molecule has 0 radical (unpaired) electrons. The maximum Gasteiger partial charge on any atom is 0.281 e. The molecule has 2 amide bonds. The van der Waals surface area contributed by atoms with Gasteiger partial charge in [-0.25, -0.2) is 0 Å². The number of nitrogens with zero attached hydrogens (tertiary/aromatic N) is 1. The lowest BCUT2D eigenvalue weighted by Gasteiger charge is -2.14. The number of rotatable bonds is 5. The Morgan fingerprint density at radius 1 is 1.42 bits per heavy atom. The quantitative estimate of drug-likeness (QED) is 0.861. The number of amides is 2. The second-order valence-electron chi connectivity index (χ2n) is 4.21. The number of aliphatic hydroxyl groups excluding tert-OH is 1. The van der Waals surface area contributed by atoms with E-state index in [9.17, 15) is 9.59 Å². The van der Waals surface area contributed by atoms with Gasteiger partial charge in [-0.05, 0) is 6.07 Å².